The Morgan fingerprint density at radius 3 is 2.67 bits per heavy atom. The highest BCUT2D eigenvalue weighted by molar-refractivity contribution is 6.76. The van der Waals surface area contributed by atoms with Crippen LogP contribution in [-0.4, -0.2) is 71.1 Å². The van der Waals surface area contributed by atoms with Gasteiger partial charge in [0.25, 0.3) is 0 Å². The number of nitrogens with zero attached hydrogens (tertiary/aromatic N) is 2. The second-order valence-electron chi connectivity index (χ2n) is 8.88. The SMILES string of the molecule is CON(C)CCCN1CC(c2c(OCOCC[Si](C)(C)C)ccc(Cl)c2Cl)CC1=O. The van der Waals surface area contributed by atoms with Crippen LogP contribution in [0.25, 0.3) is 0 Å². The summed E-state index contributed by atoms with van der Waals surface area (Å²) in [6.07, 6.45) is 1.23. The molecule has 1 heterocycles. The Morgan fingerprint density at radius 1 is 1.27 bits per heavy atom. The van der Waals surface area contributed by atoms with Gasteiger partial charge in [0.05, 0.1) is 17.2 Å². The van der Waals surface area contributed by atoms with Crippen LogP contribution in [0.1, 0.15) is 24.3 Å². The number of hydrogen-bond acceptors (Lipinski definition) is 5. The second kappa shape index (κ2) is 11.7. The molecule has 6 nitrogen and oxygen atoms in total. The Kier molecular flexibility index (Phi) is 9.91. The summed E-state index contributed by atoms with van der Waals surface area (Å²) >= 11 is 12.8. The number of hydroxylamine groups is 2. The summed E-state index contributed by atoms with van der Waals surface area (Å²) < 4.78 is 11.6. The van der Waals surface area contributed by atoms with Crippen molar-refractivity contribution in [2.45, 2.75) is 44.4 Å². The van der Waals surface area contributed by atoms with Gasteiger partial charge in [-0.1, -0.05) is 42.8 Å². The van der Waals surface area contributed by atoms with Gasteiger partial charge in [0.2, 0.25) is 5.91 Å². The molecule has 1 atom stereocenters. The van der Waals surface area contributed by atoms with Crippen LogP contribution < -0.4 is 4.74 Å². The van der Waals surface area contributed by atoms with E-state index in [-0.39, 0.29) is 18.6 Å². The molecule has 0 bridgehead atoms. The van der Waals surface area contributed by atoms with Crippen molar-refractivity contribution >= 4 is 37.2 Å². The summed E-state index contributed by atoms with van der Waals surface area (Å²) in [5, 5.41) is 2.67. The van der Waals surface area contributed by atoms with E-state index in [0.717, 1.165) is 24.6 Å². The number of amides is 1. The third kappa shape index (κ3) is 7.69. The van der Waals surface area contributed by atoms with Crippen molar-refractivity contribution < 1.29 is 19.1 Å². The van der Waals surface area contributed by atoms with E-state index in [1.807, 2.05) is 18.0 Å². The highest BCUT2D eigenvalue weighted by Gasteiger charge is 2.34. The molecule has 1 unspecified atom stereocenters. The van der Waals surface area contributed by atoms with Gasteiger partial charge in [0.15, 0.2) is 6.79 Å². The maximum atomic E-state index is 12.5. The number of hydrogen-bond donors (Lipinski definition) is 0. The lowest BCUT2D eigenvalue weighted by atomic mass is 9.97. The molecule has 0 spiro atoms. The molecule has 0 aromatic heterocycles. The predicted octanol–water partition coefficient (Wildman–Crippen LogP) is 4.88. The van der Waals surface area contributed by atoms with Crippen molar-refractivity contribution in [2.24, 2.45) is 0 Å². The molecular formula is C21H34Cl2N2O4Si. The van der Waals surface area contributed by atoms with Crippen molar-refractivity contribution in [3.63, 3.8) is 0 Å². The zero-order chi connectivity index (χ0) is 22.3. The van der Waals surface area contributed by atoms with Crippen LogP contribution in [0.15, 0.2) is 12.1 Å². The molecule has 9 heteroatoms. The zero-order valence-electron chi connectivity index (χ0n) is 18.7. The van der Waals surface area contributed by atoms with Crippen molar-refractivity contribution in [3.8, 4) is 5.75 Å². The minimum atomic E-state index is -1.14. The first-order valence-corrected chi connectivity index (χ1v) is 14.8. The van der Waals surface area contributed by atoms with Gasteiger partial charge in [0.1, 0.15) is 5.75 Å². The molecule has 0 aliphatic carbocycles. The van der Waals surface area contributed by atoms with E-state index >= 15 is 0 Å². The van der Waals surface area contributed by atoms with Crippen LogP contribution in [0.5, 0.6) is 5.75 Å². The smallest absolute Gasteiger partial charge is 0.223 e. The average Bonchev–Trinajstić information content (AvgIpc) is 3.03. The highest BCUT2D eigenvalue weighted by Crippen LogP contribution is 2.42. The van der Waals surface area contributed by atoms with Gasteiger partial charge in [-0.25, -0.2) is 0 Å². The van der Waals surface area contributed by atoms with Crippen molar-refractivity contribution in [3.05, 3.63) is 27.7 Å². The van der Waals surface area contributed by atoms with Crippen LogP contribution in [0, 0.1) is 0 Å². The van der Waals surface area contributed by atoms with E-state index in [0.29, 0.717) is 41.9 Å². The lowest BCUT2D eigenvalue weighted by molar-refractivity contribution is -0.129. The van der Waals surface area contributed by atoms with Crippen LogP contribution in [0.2, 0.25) is 35.7 Å². The van der Waals surface area contributed by atoms with Gasteiger partial charge in [-0.2, -0.15) is 5.06 Å². The Labute approximate surface area is 191 Å². The Balaban J connectivity index is 2.00. The van der Waals surface area contributed by atoms with Crippen molar-refractivity contribution in [1.82, 2.24) is 9.96 Å². The lowest BCUT2D eigenvalue weighted by Gasteiger charge is -2.21. The average molecular weight is 478 g/mol. The fourth-order valence-electron chi connectivity index (χ4n) is 3.35. The minimum absolute atomic E-state index is 0.0548. The van der Waals surface area contributed by atoms with Crippen LogP contribution in [0.3, 0.4) is 0 Å². The Morgan fingerprint density at radius 2 is 2.00 bits per heavy atom. The first kappa shape index (κ1) is 25.4. The Bertz CT molecular complexity index is 715. The lowest BCUT2D eigenvalue weighted by Crippen LogP contribution is -2.29. The highest BCUT2D eigenvalue weighted by atomic mass is 35.5. The van der Waals surface area contributed by atoms with E-state index in [1.54, 1.807) is 18.2 Å². The standard InChI is InChI=1S/C21H34Cl2N2O4Si/c1-24(27-2)9-6-10-25-14-16(13-19(25)26)20-18(8-7-17(22)21(20)23)29-15-28-11-12-30(3,4)5/h7-8,16H,6,9-15H2,1-5H3. The summed E-state index contributed by atoms with van der Waals surface area (Å²) in [4.78, 5) is 19.5. The fraction of sp³-hybridized carbons (Fsp3) is 0.667. The Hall–Kier alpha value is -0.833. The molecule has 0 radical (unpaired) electrons. The minimum Gasteiger partial charge on any atom is -0.467 e. The summed E-state index contributed by atoms with van der Waals surface area (Å²) in [5.74, 6) is 0.699. The molecule has 30 heavy (non-hydrogen) atoms. The quantitative estimate of drug-likeness (QED) is 0.186. The van der Waals surface area contributed by atoms with Gasteiger partial charge in [-0.3, -0.25) is 4.79 Å². The summed E-state index contributed by atoms with van der Waals surface area (Å²) in [7, 11) is 2.36. The first-order valence-electron chi connectivity index (χ1n) is 10.3. The largest absolute Gasteiger partial charge is 0.467 e. The summed E-state index contributed by atoms with van der Waals surface area (Å²) in [5.41, 5.74) is 0.794. The van der Waals surface area contributed by atoms with Gasteiger partial charge in [0, 0.05) is 59.3 Å². The predicted molar refractivity (Wildman–Crippen MR) is 124 cm³/mol. The van der Waals surface area contributed by atoms with Gasteiger partial charge in [-0.15, -0.1) is 0 Å². The number of carbonyl (C=O) groups excluding carboxylic acids is 1. The molecule has 1 aliphatic rings. The fourth-order valence-corrected chi connectivity index (χ4v) is 4.59. The van der Waals surface area contributed by atoms with Crippen LogP contribution >= 0.6 is 23.2 Å². The monoisotopic (exact) mass is 476 g/mol. The molecule has 1 amide bonds. The molecule has 1 saturated heterocycles. The summed E-state index contributed by atoms with van der Waals surface area (Å²) in [6.45, 7) is 9.80. The topological polar surface area (TPSA) is 51.2 Å². The molecule has 0 N–H and O–H groups in total. The van der Waals surface area contributed by atoms with Gasteiger partial charge >= 0.3 is 0 Å². The van der Waals surface area contributed by atoms with Crippen molar-refractivity contribution in [2.75, 3.05) is 47.2 Å². The number of carbonyl (C=O) groups is 1. The van der Waals surface area contributed by atoms with E-state index < -0.39 is 8.07 Å². The normalized spacial score (nSPS) is 17.3. The van der Waals surface area contributed by atoms with E-state index in [2.05, 4.69) is 19.6 Å². The third-order valence-electron chi connectivity index (χ3n) is 5.22. The maximum absolute atomic E-state index is 12.5. The van der Waals surface area contributed by atoms with Crippen LogP contribution in [-0.2, 0) is 14.4 Å². The van der Waals surface area contributed by atoms with Crippen LogP contribution in [0.4, 0.5) is 0 Å². The zero-order valence-corrected chi connectivity index (χ0v) is 21.2. The van der Waals surface area contributed by atoms with Gasteiger partial charge in [-0.05, 0) is 24.6 Å². The van der Waals surface area contributed by atoms with E-state index in [9.17, 15) is 4.79 Å². The van der Waals surface area contributed by atoms with E-state index in [4.69, 9.17) is 37.5 Å². The molecule has 1 fully saturated rings. The number of rotatable bonds is 12. The molecule has 1 aromatic rings. The first-order chi connectivity index (χ1) is 14.1. The molecule has 170 valence electrons. The number of benzene rings is 1. The molecule has 2 rings (SSSR count). The molecule has 1 aromatic carbocycles. The maximum Gasteiger partial charge on any atom is 0.223 e. The second-order valence-corrected chi connectivity index (χ2v) is 15.3. The molecular weight excluding hydrogens is 443 g/mol. The number of likely N-dealkylation sites (tertiary alicyclic amines) is 1. The number of halogens is 2. The third-order valence-corrected chi connectivity index (χ3v) is 7.75. The van der Waals surface area contributed by atoms with E-state index in [1.165, 1.54) is 0 Å². The number of ether oxygens (including phenoxy) is 2. The van der Waals surface area contributed by atoms with Crippen molar-refractivity contribution in [1.29, 1.82) is 0 Å². The molecule has 1 aliphatic heterocycles. The summed E-state index contributed by atoms with van der Waals surface area (Å²) in [6, 6.07) is 4.61. The van der Waals surface area contributed by atoms with Gasteiger partial charge < -0.3 is 19.2 Å². The molecule has 0 saturated carbocycles.